The Bertz CT molecular complexity index is 609. The number of hydrogen-bond donors (Lipinski definition) is 1. The smallest absolute Gasteiger partial charge is 0.339 e. The van der Waals surface area contributed by atoms with Crippen LogP contribution in [0.5, 0.6) is 0 Å². The van der Waals surface area contributed by atoms with Gasteiger partial charge in [0.15, 0.2) is 9.84 Å². The van der Waals surface area contributed by atoms with E-state index in [1.54, 1.807) is 0 Å². The van der Waals surface area contributed by atoms with E-state index in [0.29, 0.717) is 0 Å². The van der Waals surface area contributed by atoms with Crippen LogP contribution in [0.2, 0.25) is 5.02 Å². The van der Waals surface area contributed by atoms with Gasteiger partial charge in [0.25, 0.3) is 0 Å². The van der Waals surface area contributed by atoms with Gasteiger partial charge in [-0.2, -0.15) is 0 Å². The maximum absolute atomic E-state index is 11.5. The van der Waals surface area contributed by atoms with E-state index in [9.17, 15) is 13.2 Å². The predicted molar refractivity (Wildman–Crippen MR) is 65.3 cm³/mol. The number of rotatable bonds is 3. The first-order valence-electron chi connectivity index (χ1n) is 4.61. The van der Waals surface area contributed by atoms with Crippen LogP contribution in [0.15, 0.2) is 22.2 Å². The van der Waals surface area contributed by atoms with Crippen LogP contribution in [0.4, 0.5) is 0 Å². The highest BCUT2D eigenvalue weighted by atomic mass is 35.5. The number of carbonyl (C=O) groups excluding carboxylic acids is 1. The Morgan fingerprint density at radius 1 is 1.50 bits per heavy atom. The van der Waals surface area contributed by atoms with Crippen molar-refractivity contribution in [1.29, 1.82) is 0 Å². The topological polar surface area (TPSA) is 93.0 Å². The summed E-state index contributed by atoms with van der Waals surface area (Å²) in [5.74, 6) is -0.715. The Balaban J connectivity index is 3.63. The zero-order valence-corrected chi connectivity index (χ0v) is 11.1. The molecule has 1 N–H and O–H groups in total. The number of hydrogen-bond acceptors (Lipinski definition) is 6. The van der Waals surface area contributed by atoms with Crippen molar-refractivity contribution in [1.82, 2.24) is 0 Å². The fourth-order valence-corrected chi connectivity index (χ4v) is 2.56. The van der Waals surface area contributed by atoms with E-state index < -0.39 is 15.8 Å². The maximum Gasteiger partial charge on any atom is 0.339 e. The number of sulfone groups is 1. The van der Waals surface area contributed by atoms with Gasteiger partial charge in [-0.3, -0.25) is 0 Å². The Morgan fingerprint density at radius 2 is 2.11 bits per heavy atom. The molecule has 8 heteroatoms. The molecule has 0 heterocycles. The molecule has 18 heavy (non-hydrogen) atoms. The zero-order valence-electron chi connectivity index (χ0n) is 9.55. The monoisotopic (exact) mass is 291 g/mol. The Hall–Kier alpha value is -1.60. The number of methoxy groups -OCH3 is 1. The molecule has 0 amide bonds. The Morgan fingerprint density at radius 3 is 2.56 bits per heavy atom. The van der Waals surface area contributed by atoms with Crippen molar-refractivity contribution >= 4 is 33.6 Å². The summed E-state index contributed by atoms with van der Waals surface area (Å²) in [7, 11) is -2.40. The van der Waals surface area contributed by atoms with Crippen LogP contribution in [0.25, 0.3) is 0 Å². The molecule has 0 aliphatic heterocycles. The molecule has 0 aliphatic rings. The van der Waals surface area contributed by atoms with Gasteiger partial charge in [-0.25, -0.2) is 13.2 Å². The van der Waals surface area contributed by atoms with Crippen molar-refractivity contribution in [2.24, 2.45) is 5.16 Å². The van der Waals surface area contributed by atoms with Crippen molar-refractivity contribution in [3.63, 3.8) is 0 Å². The lowest BCUT2D eigenvalue weighted by molar-refractivity contribution is 0.0601. The number of halogens is 1. The van der Waals surface area contributed by atoms with Crippen LogP contribution in [0, 0.1) is 0 Å². The third kappa shape index (κ3) is 2.80. The molecule has 6 nitrogen and oxygen atoms in total. The maximum atomic E-state index is 11.5. The lowest BCUT2D eigenvalue weighted by Gasteiger charge is -2.09. The van der Waals surface area contributed by atoms with Gasteiger partial charge in [-0.1, -0.05) is 16.8 Å². The van der Waals surface area contributed by atoms with E-state index in [1.807, 2.05) is 0 Å². The second-order valence-electron chi connectivity index (χ2n) is 3.35. The van der Waals surface area contributed by atoms with Crippen molar-refractivity contribution in [3.8, 4) is 0 Å². The van der Waals surface area contributed by atoms with Crippen molar-refractivity contribution in [2.75, 3.05) is 13.4 Å². The molecule has 0 unspecified atom stereocenters. The van der Waals surface area contributed by atoms with E-state index in [2.05, 4.69) is 9.89 Å². The highest BCUT2D eigenvalue weighted by Gasteiger charge is 2.21. The molecular weight excluding hydrogens is 282 g/mol. The molecule has 0 saturated heterocycles. The summed E-state index contributed by atoms with van der Waals surface area (Å²) in [4.78, 5) is 11.2. The summed E-state index contributed by atoms with van der Waals surface area (Å²) in [5, 5.41) is 11.1. The first kappa shape index (κ1) is 14.5. The number of carbonyl (C=O) groups is 1. The predicted octanol–water partition coefficient (Wildman–Crippen LogP) is 1.34. The van der Waals surface area contributed by atoms with Gasteiger partial charge >= 0.3 is 5.97 Å². The van der Waals surface area contributed by atoms with Gasteiger partial charge in [0.2, 0.25) is 0 Å². The number of nitrogens with zero attached hydrogens (tertiary/aromatic N) is 1. The van der Waals surface area contributed by atoms with Crippen LogP contribution >= 0.6 is 11.6 Å². The molecule has 98 valence electrons. The number of esters is 1. The summed E-state index contributed by atoms with van der Waals surface area (Å²) in [6.07, 6.45) is 1.83. The summed E-state index contributed by atoms with van der Waals surface area (Å²) < 4.78 is 27.5. The summed E-state index contributed by atoms with van der Waals surface area (Å²) in [5.41, 5.74) is -0.0777. The second-order valence-corrected chi connectivity index (χ2v) is 5.71. The van der Waals surface area contributed by atoms with Crippen LogP contribution in [-0.2, 0) is 14.6 Å². The van der Waals surface area contributed by atoms with Crippen LogP contribution in [0.1, 0.15) is 15.9 Å². The molecule has 0 aliphatic carbocycles. The molecule has 0 spiro atoms. The van der Waals surface area contributed by atoms with Crippen molar-refractivity contribution < 1.29 is 23.2 Å². The van der Waals surface area contributed by atoms with Gasteiger partial charge in [-0.05, 0) is 12.1 Å². The fourth-order valence-electron chi connectivity index (χ4n) is 1.34. The Labute approximate surface area is 109 Å². The lowest BCUT2D eigenvalue weighted by Crippen LogP contribution is -2.08. The molecule has 0 atom stereocenters. The van der Waals surface area contributed by atoms with Crippen molar-refractivity contribution in [2.45, 2.75) is 4.90 Å². The molecule has 1 rings (SSSR count). The highest BCUT2D eigenvalue weighted by molar-refractivity contribution is 7.90. The Kier molecular flexibility index (Phi) is 4.31. The summed E-state index contributed by atoms with van der Waals surface area (Å²) in [6, 6.07) is 2.43. The van der Waals surface area contributed by atoms with E-state index in [0.717, 1.165) is 12.5 Å². The average molecular weight is 292 g/mol. The molecule has 0 fully saturated rings. The second kappa shape index (κ2) is 5.36. The number of oxime groups is 1. The lowest BCUT2D eigenvalue weighted by atomic mass is 10.1. The standard InChI is InChI=1S/C10H10ClNO5S/c1-17-10(13)6-3-4-8(18(2,15)16)7(5-12-14)9(6)11/h3-5,14H,1-2H3/b12-5-. The van der Waals surface area contributed by atoms with E-state index >= 15 is 0 Å². The minimum Gasteiger partial charge on any atom is -0.465 e. The fraction of sp³-hybridized carbons (Fsp3) is 0.200. The highest BCUT2D eigenvalue weighted by Crippen LogP contribution is 2.27. The number of benzene rings is 1. The average Bonchev–Trinajstić information content (AvgIpc) is 2.29. The molecule has 0 aromatic heterocycles. The first-order valence-corrected chi connectivity index (χ1v) is 6.88. The molecular formula is C10H10ClNO5S. The normalized spacial score (nSPS) is 11.7. The molecule has 1 aromatic carbocycles. The third-order valence-corrected chi connectivity index (χ3v) is 3.69. The van der Waals surface area contributed by atoms with Crippen LogP contribution in [0.3, 0.4) is 0 Å². The van der Waals surface area contributed by atoms with Gasteiger partial charge < -0.3 is 9.94 Å². The van der Waals surface area contributed by atoms with E-state index in [-0.39, 0.29) is 21.0 Å². The SMILES string of the molecule is COC(=O)c1ccc(S(C)(=O)=O)c(/C=N\O)c1Cl. The minimum atomic E-state index is -3.57. The quantitative estimate of drug-likeness (QED) is 0.392. The van der Waals surface area contributed by atoms with E-state index in [4.69, 9.17) is 16.8 Å². The number of ether oxygens (including phenoxy) is 1. The molecule has 0 radical (unpaired) electrons. The van der Waals surface area contributed by atoms with Gasteiger partial charge in [0.05, 0.1) is 28.8 Å². The molecule has 1 aromatic rings. The van der Waals surface area contributed by atoms with Gasteiger partial charge in [0.1, 0.15) is 0 Å². The van der Waals surface area contributed by atoms with E-state index in [1.165, 1.54) is 19.2 Å². The third-order valence-electron chi connectivity index (χ3n) is 2.13. The zero-order chi connectivity index (χ0) is 13.9. The molecule has 0 bridgehead atoms. The van der Waals surface area contributed by atoms with Crippen LogP contribution < -0.4 is 0 Å². The summed E-state index contributed by atoms with van der Waals surface area (Å²) in [6.45, 7) is 0. The first-order chi connectivity index (χ1) is 8.32. The van der Waals surface area contributed by atoms with Crippen LogP contribution in [-0.4, -0.2) is 39.2 Å². The van der Waals surface area contributed by atoms with Gasteiger partial charge in [0, 0.05) is 11.8 Å². The van der Waals surface area contributed by atoms with Crippen molar-refractivity contribution in [3.05, 3.63) is 28.3 Å². The minimum absolute atomic E-state index is 0.0125. The molecule has 0 saturated carbocycles. The summed E-state index contributed by atoms with van der Waals surface area (Å²) >= 11 is 5.90. The largest absolute Gasteiger partial charge is 0.465 e. The van der Waals surface area contributed by atoms with Gasteiger partial charge in [-0.15, -0.1) is 0 Å².